The third-order valence-corrected chi connectivity index (χ3v) is 8.47. The summed E-state index contributed by atoms with van der Waals surface area (Å²) in [5.74, 6) is -3.07. The lowest BCUT2D eigenvalue weighted by atomic mass is 9.92. The van der Waals surface area contributed by atoms with Gasteiger partial charge in [-0.25, -0.2) is 17.2 Å². The number of alkyl halides is 3. The van der Waals surface area contributed by atoms with Crippen LogP contribution in [0.3, 0.4) is 0 Å². The van der Waals surface area contributed by atoms with E-state index >= 15 is 0 Å². The van der Waals surface area contributed by atoms with Crippen molar-refractivity contribution >= 4 is 15.7 Å². The van der Waals surface area contributed by atoms with Crippen molar-refractivity contribution in [3.63, 3.8) is 0 Å². The average molecular weight is 542 g/mol. The molecule has 2 heterocycles. The first kappa shape index (κ1) is 25.5. The second kappa shape index (κ2) is 8.17. The molecular weight excluding hydrogens is 517 g/mol. The Hall–Kier alpha value is -3.15. The summed E-state index contributed by atoms with van der Waals surface area (Å²) in [7, 11) is -3.55. The lowest BCUT2D eigenvalue weighted by Gasteiger charge is -2.39. The zero-order valence-corrected chi connectivity index (χ0v) is 21.2. The van der Waals surface area contributed by atoms with Gasteiger partial charge in [0.05, 0.1) is 41.8 Å². The topological polar surface area (TPSA) is 64.4 Å². The van der Waals surface area contributed by atoms with Crippen molar-refractivity contribution in [3.05, 3.63) is 59.3 Å². The molecule has 3 aromatic rings. The highest BCUT2D eigenvalue weighted by molar-refractivity contribution is 7.93. The van der Waals surface area contributed by atoms with E-state index in [1.165, 1.54) is 6.20 Å². The van der Waals surface area contributed by atoms with E-state index in [4.69, 9.17) is 4.74 Å². The Balaban J connectivity index is 1.79. The average Bonchev–Trinajstić information content (AvgIpc) is 3.54. The van der Waals surface area contributed by atoms with Crippen LogP contribution in [0.4, 0.5) is 27.6 Å². The molecule has 1 atom stereocenters. The number of anilines is 1. The van der Waals surface area contributed by atoms with Crippen molar-refractivity contribution in [1.82, 2.24) is 9.78 Å². The van der Waals surface area contributed by atoms with Gasteiger partial charge in [0.1, 0.15) is 10.6 Å². The van der Waals surface area contributed by atoms with Crippen LogP contribution in [0.5, 0.6) is 5.75 Å². The Bertz CT molecular complexity index is 1500. The van der Waals surface area contributed by atoms with Gasteiger partial charge in [-0.1, -0.05) is 0 Å². The molecule has 2 aromatic carbocycles. The molecule has 6 nitrogen and oxygen atoms in total. The fourth-order valence-electron chi connectivity index (χ4n) is 4.84. The fourth-order valence-corrected chi connectivity index (χ4v) is 6.68. The van der Waals surface area contributed by atoms with Gasteiger partial charge in [-0.15, -0.1) is 0 Å². The van der Waals surface area contributed by atoms with Gasteiger partial charge in [-0.2, -0.15) is 18.3 Å². The van der Waals surface area contributed by atoms with Gasteiger partial charge in [-0.3, -0.25) is 8.99 Å². The number of halogens is 5. The molecule has 0 bridgehead atoms. The van der Waals surface area contributed by atoms with E-state index in [1.807, 2.05) is 20.8 Å². The fraction of sp³-hybridized carbons (Fsp3) is 0.400. The number of benzene rings is 2. The van der Waals surface area contributed by atoms with E-state index < -0.39 is 55.6 Å². The monoisotopic (exact) mass is 541 g/mol. The van der Waals surface area contributed by atoms with Gasteiger partial charge in [0.25, 0.3) is 10.0 Å². The lowest BCUT2D eigenvalue weighted by molar-refractivity contribution is -0.137. The molecule has 0 amide bonds. The smallest absolute Gasteiger partial charge is 0.416 e. The Morgan fingerprint density at radius 1 is 1.03 bits per heavy atom. The second-order valence-electron chi connectivity index (χ2n) is 10.3. The van der Waals surface area contributed by atoms with E-state index in [0.717, 1.165) is 29.6 Å². The zero-order chi connectivity index (χ0) is 27.1. The van der Waals surface area contributed by atoms with Gasteiger partial charge in [0, 0.05) is 17.2 Å². The molecule has 37 heavy (non-hydrogen) atoms. The van der Waals surface area contributed by atoms with Crippen molar-refractivity contribution in [2.75, 3.05) is 11.4 Å². The molecule has 1 fully saturated rings. The summed E-state index contributed by atoms with van der Waals surface area (Å²) < 4.78 is 105. The van der Waals surface area contributed by atoms with Crippen molar-refractivity contribution in [2.45, 2.75) is 56.3 Å². The molecule has 0 saturated heterocycles. The molecule has 0 spiro atoms. The van der Waals surface area contributed by atoms with E-state index in [1.54, 1.807) is 4.68 Å². The standard InChI is InChI=1S/C25H24F5N3O3S/c1-24(2,3)33-23-15-10-17(26)18(27)11-19(15)32(22(13-5-6-13)16(23)12-31-33)37(34,35)21-8-7-14(25(28,29)30)9-20(21)36-4/h7-13,22H,5-6H2,1-4H3. The summed E-state index contributed by atoms with van der Waals surface area (Å²) in [6, 6.07) is 3.02. The Morgan fingerprint density at radius 2 is 1.68 bits per heavy atom. The third kappa shape index (κ3) is 4.05. The molecule has 2 aliphatic rings. The summed E-state index contributed by atoms with van der Waals surface area (Å²) in [5, 5.41) is 4.47. The number of aromatic nitrogens is 2. The van der Waals surface area contributed by atoms with Gasteiger partial charge in [0.2, 0.25) is 0 Å². The SMILES string of the molecule is COc1cc(C(F)(F)F)ccc1S(=O)(=O)N1c2cc(F)c(F)cc2-c2c(cnn2C(C)(C)C)C1C1CC1. The number of sulfonamides is 1. The molecule has 1 aliphatic heterocycles. The predicted octanol–water partition coefficient (Wildman–Crippen LogP) is 6.27. The quantitative estimate of drug-likeness (QED) is 0.365. The summed E-state index contributed by atoms with van der Waals surface area (Å²) in [6.45, 7) is 5.63. The van der Waals surface area contributed by atoms with Gasteiger partial charge in [-0.05, 0) is 63.8 Å². The molecule has 198 valence electrons. The van der Waals surface area contributed by atoms with Crippen LogP contribution in [0.2, 0.25) is 0 Å². The van der Waals surface area contributed by atoms with Gasteiger partial charge < -0.3 is 4.74 Å². The maximum atomic E-state index is 14.6. The largest absolute Gasteiger partial charge is 0.495 e. The van der Waals surface area contributed by atoms with E-state index in [2.05, 4.69) is 5.10 Å². The van der Waals surface area contributed by atoms with E-state index in [9.17, 15) is 30.4 Å². The van der Waals surface area contributed by atoms with Crippen LogP contribution in [0.25, 0.3) is 11.3 Å². The Labute approximate surface area is 210 Å². The Morgan fingerprint density at radius 3 is 2.24 bits per heavy atom. The number of methoxy groups -OCH3 is 1. The summed E-state index contributed by atoms with van der Waals surface area (Å²) in [6.07, 6.45) is -1.83. The first-order valence-corrected chi connectivity index (χ1v) is 13.0. The van der Waals surface area contributed by atoms with Crippen LogP contribution in [0, 0.1) is 17.6 Å². The molecule has 1 aromatic heterocycles. The molecular formula is C25H24F5N3O3S. The molecule has 1 aliphatic carbocycles. The third-order valence-electron chi connectivity index (χ3n) is 6.63. The maximum Gasteiger partial charge on any atom is 0.416 e. The van der Waals surface area contributed by atoms with Gasteiger partial charge in [0.15, 0.2) is 11.6 Å². The van der Waals surface area contributed by atoms with Crippen LogP contribution in [0.1, 0.15) is 50.8 Å². The number of ether oxygens (including phenoxy) is 1. The van der Waals surface area contributed by atoms with Crippen molar-refractivity contribution in [2.24, 2.45) is 5.92 Å². The van der Waals surface area contributed by atoms with Crippen LogP contribution in [-0.4, -0.2) is 25.3 Å². The number of hydrogen-bond donors (Lipinski definition) is 0. The van der Waals surface area contributed by atoms with E-state index in [-0.39, 0.29) is 17.2 Å². The highest BCUT2D eigenvalue weighted by atomic mass is 32.2. The maximum absolute atomic E-state index is 14.6. The normalized spacial score (nSPS) is 18.0. The van der Waals surface area contributed by atoms with Crippen LogP contribution < -0.4 is 9.04 Å². The van der Waals surface area contributed by atoms with Crippen LogP contribution in [-0.2, 0) is 21.7 Å². The minimum Gasteiger partial charge on any atom is -0.495 e. The summed E-state index contributed by atoms with van der Waals surface area (Å²) in [5.41, 5.74) is -0.650. The number of fused-ring (bicyclic) bond motifs is 3. The predicted molar refractivity (Wildman–Crippen MR) is 126 cm³/mol. The van der Waals surface area contributed by atoms with Gasteiger partial charge >= 0.3 is 6.18 Å². The van der Waals surface area contributed by atoms with Crippen molar-refractivity contribution in [3.8, 4) is 17.0 Å². The second-order valence-corrected chi connectivity index (χ2v) is 12.0. The van der Waals surface area contributed by atoms with E-state index in [0.29, 0.717) is 36.2 Å². The first-order chi connectivity index (χ1) is 17.2. The highest BCUT2D eigenvalue weighted by Gasteiger charge is 2.49. The molecule has 1 saturated carbocycles. The molecule has 5 rings (SSSR count). The minimum atomic E-state index is -4.72. The summed E-state index contributed by atoms with van der Waals surface area (Å²) in [4.78, 5) is -0.518. The molecule has 0 N–H and O–H groups in total. The molecule has 1 unspecified atom stereocenters. The van der Waals surface area contributed by atoms with Crippen molar-refractivity contribution < 1.29 is 35.1 Å². The minimum absolute atomic E-state index is 0.115. The number of hydrogen-bond acceptors (Lipinski definition) is 4. The van der Waals surface area contributed by atoms with Crippen LogP contribution >= 0.6 is 0 Å². The lowest BCUT2D eigenvalue weighted by Crippen LogP contribution is -2.39. The number of rotatable bonds is 4. The molecule has 0 radical (unpaired) electrons. The zero-order valence-electron chi connectivity index (χ0n) is 20.4. The first-order valence-electron chi connectivity index (χ1n) is 11.5. The van der Waals surface area contributed by atoms with Crippen LogP contribution in [0.15, 0.2) is 41.4 Å². The van der Waals surface area contributed by atoms with Crippen molar-refractivity contribution in [1.29, 1.82) is 0 Å². The number of nitrogens with zero attached hydrogens (tertiary/aromatic N) is 3. The Kier molecular flexibility index (Phi) is 5.63. The summed E-state index contributed by atoms with van der Waals surface area (Å²) >= 11 is 0. The highest BCUT2D eigenvalue weighted by Crippen LogP contribution is 2.56. The molecule has 12 heteroatoms.